The van der Waals surface area contributed by atoms with Crippen LogP contribution in [0.2, 0.25) is 0 Å². The van der Waals surface area contributed by atoms with Crippen LogP contribution in [-0.4, -0.2) is 30.1 Å². The standard InChI is InChI=1S/C13H18F2N2.ClH/c1-9-6-16-7-10(2)17(9)8-11-12(14)4-3-5-13(11)15;/h3-5,9-10,16H,6-8H2,1-2H3;1H/t9-,10+;. The summed E-state index contributed by atoms with van der Waals surface area (Å²) in [6.45, 7) is 6.20. The van der Waals surface area contributed by atoms with E-state index in [0.717, 1.165) is 13.1 Å². The first-order chi connectivity index (χ1) is 8.09. The molecule has 0 aliphatic carbocycles. The van der Waals surface area contributed by atoms with Crippen LogP contribution in [0.15, 0.2) is 18.2 Å². The molecule has 0 spiro atoms. The summed E-state index contributed by atoms with van der Waals surface area (Å²) < 4.78 is 27.2. The fraction of sp³-hybridized carbons (Fsp3) is 0.538. The molecule has 1 saturated heterocycles. The normalized spacial score (nSPS) is 24.7. The van der Waals surface area contributed by atoms with Gasteiger partial charge in [0.15, 0.2) is 0 Å². The van der Waals surface area contributed by atoms with Crippen LogP contribution in [0.4, 0.5) is 8.78 Å². The zero-order valence-corrected chi connectivity index (χ0v) is 11.4. The van der Waals surface area contributed by atoms with Crippen LogP contribution >= 0.6 is 12.4 Å². The van der Waals surface area contributed by atoms with E-state index in [1.165, 1.54) is 18.2 Å². The van der Waals surface area contributed by atoms with Crippen molar-refractivity contribution in [3.8, 4) is 0 Å². The molecule has 2 nitrogen and oxygen atoms in total. The lowest BCUT2D eigenvalue weighted by molar-refractivity contribution is 0.106. The van der Waals surface area contributed by atoms with Gasteiger partial charge in [-0.15, -0.1) is 12.4 Å². The van der Waals surface area contributed by atoms with Gasteiger partial charge in [0.1, 0.15) is 11.6 Å². The van der Waals surface area contributed by atoms with Crippen LogP contribution in [-0.2, 0) is 6.54 Å². The van der Waals surface area contributed by atoms with Gasteiger partial charge in [-0.05, 0) is 26.0 Å². The van der Waals surface area contributed by atoms with E-state index in [-0.39, 0.29) is 30.1 Å². The maximum absolute atomic E-state index is 13.6. The molecule has 0 unspecified atom stereocenters. The Balaban J connectivity index is 0.00000162. The lowest BCUT2D eigenvalue weighted by Crippen LogP contribution is -2.54. The van der Waals surface area contributed by atoms with Crippen molar-refractivity contribution in [3.05, 3.63) is 35.4 Å². The molecule has 5 heteroatoms. The molecule has 1 aromatic carbocycles. The number of halogens is 3. The van der Waals surface area contributed by atoms with Crippen LogP contribution in [0.3, 0.4) is 0 Å². The Kier molecular flexibility index (Phi) is 5.50. The van der Waals surface area contributed by atoms with Gasteiger partial charge in [0, 0.05) is 37.3 Å². The number of benzene rings is 1. The van der Waals surface area contributed by atoms with Crippen molar-refractivity contribution in [3.63, 3.8) is 0 Å². The van der Waals surface area contributed by atoms with E-state index < -0.39 is 11.6 Å². The molecule has 1 heterocycles. The van der Waals surface area contributed by atoms with E-state index in [9.17, 15) is 8.78 Å². The molecule has 1 N–H and O–H groups in total. The summed E-state index contributed by atoms with van der Waals surface area (Å²) >= 11 is 0. The van der Waals surface area contributed by atoms with Crippen molar-refractivity contribution < 1.29 is 8.78 Å². The van der Waals surface area contributed by atoms with Gasteiger partial charge in [0.2, 0.25) is 0 Å². The van der Waals surface area contributed by atoms with E-state index in [4.69, 9.17) is 0 Å². The average Bonchev–Trinajstić information content (AvgIpc) is 2.27. The van der Waals surface area contributed by atoms with Crippen LogP contribution < -0.4 is 5.32 Å². The summed E-state index contributed by atoms with van der Waals surface area (Å²) in [4.78, 5) is 2.14. The Morgan fingerprint density at radius 3 is 2.17 bits per heavy atom. The number of nitrogens with zero attached hydrogens (tertiary/aromatic N) is 1. The molecule has 1 fully saturated rings. The fourth-order valence-electron chi connectivity index (χ4n) is 2.35. The molecule has 0 aromatic heterocycles. The molecule has 0 amide bonds. The Bertz CT molecular complexity index is 370. The van der Waals surface area contributed by atoms with Gasteiger partial charge in [-0.25, -0.2) is 8.78 Å². The minimum absolute atomic E-state index is 0. The highest BCUT2D eigenvalue weighted by Crippen LogP contribution is 2.19. The largest absolute Gasteiger partial charge is 0.314 e. The van der Waals surface area contributed by atoms with E-state index in [1.807, 2.05) is 0 Å². The van der Waals surface area contributed by atoms with Crippen molar-refractivity contribution in [2.45, 2.75) is 32.5 Å². The predicted molar refractivity (Wildman–Crippen MR) is 70.9 cm³/mol. The molecule has 102 valence electrons. The van der Waals surface area contributed by atoms with Gasteiger partial charge in [-0.3, -0.25) is 4.90 Å². The predicted octanol–water partition coefficient (Wildman–Crippen LogP) is 2.57. The zero-order chi connectivity index (χ0) is 12.4. The van der Waals surface area contributed by atoms with Crippen molar-refractivity contribution in [1.82, 2.24) is 10.2 Å². The van der Waals surface area contributed by atoms with Gasteiger partial charge < -0.3 is 5.32 Å². The van der Waals surface area contributed by atoms with Crippen LogP contribution in [0.5, 0.6) is 0 Å². The van der Waals surface area contributed by atoms with E-state index >= 15 is 0 Å². The zero-order valence-electron chi connectivity index (χ0n) is 10.6. The molecule has 2 atom stereocenters. The SMILES string of the molecule is C[C@@H]1CNC[C@H](C)N1Cc1c(F)cccc1F.Cl. The Hall–Kier alpha value is -0.710. The Labute approximate surface area is 113 Å². The summed E-state index contributed by atoms with van der Waals surface area (Å²) in [6, 6.07) is 4.61. The molecule has 0 radical (unpaired) electrons. The van der Waals surface area contributed by atoms with Gasteiger partial charge in [0.05, 0.1) is 0 Å². The first kappa shape index (κ1) is 15.3. The van der Waals surface area contributed by atoms with Crippen LogP contribution in [0.25, 0.3) is 0 Å². The summed E-state index contributed by atoms with van der Waals surface area (Å²) in [5.41, 5.74) is 0.174. The molecule has 1 aromatic rings. The minimum atomic E-state index is -0.456. The maximum atomic E-state index is 13.6. The smallest absolute Gasteiger partial charge is 0.130 e. The molecular formula is C13H19ClF2N2. The number of hydrogen-bond acceptors (Lipinski definition) is 2. The second-order valence-electron chi connectivity index (χ2n) is 4.73. The topological polar surface area (TPSA) is 15.3 Å². The maximum Gasteiger partial charge on any atom is 0.130 e. The third kappa shape index (κ3) is 3.19. The van der Waals surface area contributed by atoms with E-state index in [0.29, 0.717) is 6.54 Å². The van der Waals surface area contributed by atoms with E-state index in [1.54, 1.807) is 0 Å². The first-order valence-electron chi connectivity index (χ1n) is 5.99. The number of piperazine rings is 1. The second kappa shape index (κ2) is 6.45. The van der Waals surface area contributed by atoms with E-state index in [2.05, 4.69) is 24.1 Å². The molecule has 1 aliphatic heterocycles. The lowest BCUT2D eigenvalue weighted by Gasteiger charge is -2.39. The number of nitrogens with one attached hydrogen (secondary N) is 1. The molecule has 0 bridgehead atoms. The quantitative estimate of drug-likeness (QED) is 0.893. The second-order valence-corrected chi connectivity index (χ2v) is 4.73. The summed E-state index contributed by atoms with van der Waals surface area (Å²) in [5, 5.41) is 3.30. The highest BCUT2D eigenvalue weighted by atomic mass is 35.5. The van der Waals surface area contributed by atoms with Crippen molar-refractivity contribution >= 4 is 12.4 Å². The number of hydrogen-bond donors (Lipinski definition) is 1. The van der Waals surface area contributed by atoms with Crippen LogP contribution in [0, 0.1) is 11.6 Å². The fourth-order valence-corrected chi connectivity index (χ4v) is 2.35. The molecule has 2 rings (SSSR count). The van der Waals surface area contributed by atoms with Crippen molar-refractivity contribution in [2.75, 3.05) is 13.1 Å². The van der Waals surface area contributed by atoms with Gasteiger partial charge in [0.25, 0.3) is 0 Å². The third-order valence-electron chi connectivity index (χ3n) is 3.41. The van der Waals surface area contributed by atoms with Crippen molar-refractivity contribution in [2.24, 2.45) is 0 Å². The monoisotopic (exact) mass is 276 g/mol. The lowest BCUT2D eigenvalue weighted by atomic mass is 10.1. The third-order valence-corrected chi connectivity index (χ3v) is 3.41. The Morgan fingerprint density at radius 1 is 1.17 bits per heavy atom. The molecule has 1 aliphatic rings. The Morgan fingerprint density at radius 2 is 1.67 bits per heavy atom. The first-order valence-corrected chi connectivity index (χ1v) is 5.99. The minimum Gasteiger partial charge on any atom is -0.314 e. The highest BCUT2D eigenvalue weighted by Gasteiger charge is 2.26. The van der Waals surface area contributed by atoms with Gasteiger partial charge in [-0.1, -0.05) is 6.07 Å². The summed E-state index contributed by atoms with van der Waals surface area (Å²) in [7, 11) is 0. The van der Waals surface area contributed by atoms with Crippen LogP contribution in [0.1, 0.15) is 19.4 Å². The summed E-state index contributed by atoms with van der Waals surface area (Å²) in [6.07, 6.45) is 0. The molecular weight excluding hydrogens is 258 g/mol. The van der Waals surface area contributed by atoms with Gasteiger partial charge >= 0.3 is 0 Å². The summed E-state index contributed by atoms with van der Waals surface area (Å²) in [5.74, 6) is -0.911. The van der Waals surface area contributed by atoms with Gasteiger partial charge in [-0.2, -0.15) is 0 Å². The average molecular weight is 277 g/mol. The number of rotatable bonds is 2. The highest BCUT2D eigenvalue weighted by molar-refractivity contribution is 5.85. The van der Waals surface area contributed by atoms with Crippen molar-refractivity contribution in [1.29, 1.82) is 0 Å². The molecule has 0 saturated carbocycles. The molecule has 18 heavy (non-hydrogen) atoms.